The molecule has 0 radical (unpaired) electrons. The molecule has 10 rings (SSSR count). The van der Waals surface area contributed by atoms with E-state index in [0.29, 0.717) is 17.5 Å². The molecule has 0 fully saturated rings. The third-order valence-corrected chi connectivity index (χ3v) is 10.6. The zero-order chi connectivity index (χ0) is 33.0. The summed E-state index contributed by atoms with van der Waals surface area (Å²) in [6.07, 6.45) is 0. The van der Waals surface area contributed by atoms with E-state index in [2.05, 4.69) is 121 Å². The molecular formula is C45H27N3OS. The molecule has 0 atom stereocenters. The summed E-state index contributed by atoms with van der Waals surface area (Å²) < 4.78 is 9.31. The van der Waals surface area contributed by atoms with Gasteiger partial charge >= 0.3 is 0 Å². The zero-order valence-corrected chi connectivity index (χ0v) is 27.6. The third-order valence-electron chi connectivity index (χ3n) is 9.37. The van der Waals surface area contributed by atoms with Crippen LogP contribution in [-0.4, -0.2) is 15.0 Å². The predicted molar refractivity (Wildman–Crippen MR) is 207 cm³/mol. The molecule has 234 valence electrons. The summed E-state index contributed by atoms with van der Waals surface area (Å²) in [5.41, 5.74) is 8.91. The number of aromatic nitrogens is 3. The van der Waals surface area contributed by atoms with Crippen LogP contribution in [0.1, 0.15) is 0 Å². The molecule has 0 N–H and O–H groups in total. The van der Waals surface area contributed by atoms with E-state index in [4.69, 9.17) is 19.4 Å². The first-order valence-corrected chi connectivity index (χ1v) is 17.4. The van der Waals surface area contributed by atoms with Crippen molar-refractivity contribution in [1.29, 1.82) is 0 Å². The number of rotatable bonds is 5. The summed E-state index contributed by atoms with van der Waals surface area (Å²) in [6.45, 7) is 0. The minimum Gasteiger partial charge on any atom is -0.455 e. The van der Waals surface area contributed by atoms with Gasteiger partial charge in [-0.25, -0.2) is 15.0 Å². The van der Waals surface area contributed by atoms with Gasteiger partial charge in [-0.1, -0.05) is 140 Å². The molecule has 0 aliphatic carbocycles. The van der Waals surface area contributed by atoms with Gasteiger partial charge in [0.15, 0.2) is 17.5 Å². The van der Waals surface area contributed by atoms with Gasteiger partial charge in [0.25, 0.3) is 0 Å². The van der Waals surface area contributed by atoms with E-state index in [0.717, 1.165) is 49.8 Å². The third kappa shape index (κ3) is 4.79. The Morgan fingerprint density at radius 2 is 0.940 bits per heavy atom. The summed E-state index contributed by atoms with van der Waals surface area (Å²) in [6, 6.07) is 56.8. The van der Waals surface area contributed by atoms with Crippen LogP contribution in [0.2, 0.25) is 0 Å². The topological polar surface area (TPSA) is 51.8 Å². The summed E-state index contributed by atoms with van der Waals surface area (Å²) in [4.78, 5) is 15.0. The molecule has 0 bridgehead atoms. The Balaban J connectivity index is 1.12. The van der Waals surface area contributed by atoms with Crippen molar-refractivity contribution in [1.82, 2.24) is 15.0 Å². The molecule has 0 spiro atoms. The molecule has 3 aromatic heterocycles. The maximum Gasteiger partial charge on any atom is 0.167 e. The minimum atomic E-state index is 0.570. The summed E-state index contributed by atoms with van der Waals surface area (Å²) >= 11 is 1.84. The molecule has 0 aliphatic rings. The van der Waals surface area contributed by atoms with Crippen LogP contribution in [0, 0.1) is 0 Å². The number of thiophene rings is 1. The molecule has 50 heavy (non-hydrogen) atoms. The second kappa shape index (κ2) is 11.6. The number of hydrogen-bond donors (Lipinski definition) is 0. The van der Waals surface area contributed by atoms with Gasteiger partial charge < -0.3 is 4.42 Å². The molecule has 0 amide bonds. The van der Waals surface area contributed by atoms with Gasteiger partial charge in [-0.2, -0.15) is 0 Å². The highest BCUT2D eigenvalue weighted by molar-refractivity contribution is 7.26. The van der Waals surface area contributed by atoms with E-state index >= 15 is 0 Å². The molecule has 7 aromatic carbocycles. The van der Waals surface area contributed by atoms with E-state index in [1.54, 1.807) is 0 Å². The maximum absolute atomic E-state index is 6.73. The van der Waals surface area contributed by atoms with E-state index in [-0.39, 0.29) is 0 Å². The van der Waals surface area contributed by atoms with Gasteiger partial charge in [0.2, 0.25) is 0 Å². The van der Waals surface area contributed by atoms with Crippen molar-refractivity contribution in [2.24, 2.45) is 0 Å². The monoisotopic (exact) mass is 657 g/mol. The van der Waals surface area contributed by atoms with E-state index in [1.165, 1.54) is 31.3 Å². The Kier molecular flexibility index (Phi) is 6.64. The minimum absolute atomic E-state index is 0.570. The van der Waals surface area contributed by atoms with Crippen LogP contribution in [0.3, 0.4) is 0 Å². The highest BCUT2D eigenvalue weighted by Gasteiger charge is 2.19. The molecule has 3 heterocycles. The van der Waals surface area contributed by atoms with Gasteiger partial charge in [-0.15, -0.1) is 11.3 Å². The van der Waals surface area contributed by atoms with Crippen molar-refractivity contribution < 1.29 is 4.42 Å². The lowest BCUT2D eigenvalue weighted by molar-refractivity contribution is 0.669. The standard InChI is InChI=1S/C45H27N3OS/c1-3-11-28(12-4-1)29-21-23-31(24-22-29)44-46-43(30-13-5-2-6-14-30)47-45(48-44)38-19-10-17-36-34-26-25-32(27-39(34)49-41(36)38)33-16-9-18-37-35-15-7-8-20-40(35)50-42(33)37/h1-27H. The summed E-state index contributed by atoms with van der Waals surface area (Å²) in [5, 5.41) is 4.66. The first-order chi connectivity index (χ1) is 24.8. The van der Waals surface area contributed by atoms with Crippen molar-refractivity contribution in [3.05, 3.63) is 164 Å². The lowest BCUT2D eigenvalue weighted by Gasteiger charge is -2.09. The van der Waals surface area contributed by atoms with Gasteiger partial charge in [-0.05, 0) is 46.5 Å². The van der Waals surface area contributed by atoms with Crippen LogP contribution in [0.15, 0.2) is 168 Å². The normalized spacial score (nSPS) is 11.6. The Morgan fingerprint density at radius 1 is 0.380 bits per heavy atom. The lowest BCUT2D eigenvalue weighted by atomic mass is 10.0. The van der Waals surface area contributed by atoms with Crippen LogP contribution in [0.25, 0.3) is 98.5 Å². The van der Waals surface area contributed by atoms with Gasteiger partial charge in [-0.3, -0.25) is 0 Å². The molecule has 5 heteroatoms. The molecular weight excluding hydrogens is 631 g/mol. The Hall–Kier alpha value is -6.43. The van der Waals surface area contributed by atoms with Gasteiger partial charge in [0.05, 0.1) is 5.56 Å². The second-order valence-electron chi connectivity index (χ2n) is 12.4. The zero-order valence-electron chi connectivity index (χ0n) is 26.7. The fourth-order valence-corrected chi connectivity index (χ4v) is 8.14. The number of furan rings is 1. The summed E-state index contributed by atoms with van der Waals surface area (Å²) in [5.74, 6) is 1.80. The molecule has 0 saturated carbocycles. The van der Waals surface area contributed by atoms with Crippen LogP contribution < -0.4 is 0 Å². The molecule has 0 aliphatic heterocycles. The number of para-hydroxylation sites is 1. The number of benzene rings is 7. The van der Waals surface area contributed by atoms with Crippen molar-refractivity contribution in [2.45, 2.75) is 0 Å². The van der Waals surface area contributed by atoms with Crippen LogP contribution in [0.5, 0.6) is 0 Å². The number of fused-ring (bicyclic) bond motifs is 6. The highest BCUT2D eigenvalue weighted by atomic mass is 32.1. The Morgan fingerprint density at radius 3 is 1.72 bits per heavy atom. The molecule has 10 aromatic rings. The summed E-state index contributed by atoms with van der Waals surface area (Å²) in [7, 11) is 0. The van der Waals surface area contributed by atoms with E-state index in [1.807, 2.05) is 53.8 Å². The molecule has 0 unspecified atom stereocenters. The largest absolute Gasteiger partial charge is 0.455 e. The van der Waals surface area contributed by atoms with Crippen LogP contribution in [-0.2, 0) is 0 Å². The van der Waals surface area contributed by atoms with E-state index in [9.17, 15) is 0 Å². The van der Waals surface area contributed by atoms with Crippen molar-refractivity contribution in [3.63, 3.8) is 0 Å². The fourth-order valence-electron chi connectivity index (χ4n) is 6.90. The van der Waals surface area contributed by atoms with E-state index < -0.39 is 0 Å². The number of hydrogen-bond acceptors (Lipinski definition) is 5. The first kappa shape index (κ1) is 28.6. The number of nitrogens with zero attached hydrogens (tertiary/aromatic N) is 3. The van der Waals surface area contributed by atoms with Crippen molar-refractivity contribution in [2.75, 3.05) is 0 Å². The van der Waals surface area contributed by atoms with Crippen LogP contribution in [0.4, 0.5) is 0 Å². The SMILES string of the molecule is c1ccc(-c2ccc(-c3nc(-c4ccccc4)nc(-c4cccc5c4oc4cc(-c6cccc7c6sc6ccccc67)ccc45)n3)cc2)cc1. The smallest absolute Gasteiger partial charge is 0.167 e. The predicted octanol–water partition coefficient (Wildman–Crippen LogP) is 12.5. The molecule has 4 nitrogen and oxygen atoms in total. The maximum atomic E-state index is 6.73. The average Bonchev–Trinajstić information content (AvgIpc) is 3.77. The quantitative estimate of drug-likeness (QED) is 0.185. The van der Waals surface area contributed by atoms with Gasteiger partial charge in [0, 0.05) is 42.1 Å². The first-order valence-electron chi connectivity index (χ1n) is 16.6. The average molecular weight is 658 g/mol. The lowest BCUT2D eigenvalue weighted by Crippen LogP contribution is -2.00. The molecule has 0 saturated heterocycles. The Labute approximate surface area is 292 Å². The van der Waals surface area contributed by atoms with Crippen molar-refractivity contribution >= 4 is 53.4 Å². The Bertz CT molecular complexity index is 2860. The van der Waals surface area contributed by atoms with Crippen LogP contribution >= 0.6 is 11.3 Å². The second-order valence-corrected chi connectivity index (χ2v) is 13.4. The fraction of sp³-hybridized carbons (Fsp3) is 0. The van der Waals surface area contributed by atoms with Gasteiger partial charge in [0.1, 0.15) is 11.2 Å². The highest BCUT2D eigenvalue weighted by Crippen LogP contribution is 2.42. The van der Waals surface area contributed by atoms with Crippen molar-refractivity contribution in [3.8, 4) is 56.4 Å².